The summed E-state index contributed by atoms with van der Waals surface area (Å²) in [6.07, 6.45) is 3.31. The molecule has 1 aromatic carbocycles. The first-order valence-electron chi connectivity index (χ1n) is 5.57. The summed E-state index contributed by atoms with van der Waals surface area (Å²) in [5.74, 6) is 0. The SMILES string of the molecule is O=c1[nH]cnc2cc(NC3CC3)c([N+](=O)[O-])cc12. The number of aromatic nitrogens is 2. The maximum atomic E-state index is 11.6. The molecule has 0 bridgehead atoms. The molecule has 0 unspecified atom stereocenters. The lowest BCUT2D eigenvalue weighted by Gasteiger charge is -2.06. The highest BCUT2D eigenvalue weighted by Crippen LogP contribution is 2.32. The third-order valence-electron chi connectivity index (χ3n) is 2.89. The predicted molar refractivity (Wildman–Crippen MR) is 65.7 cm³/mol. The van der Waals surface area contributed by atoms with Crippen molar-refractivity contribution in [2.75, 3.05) is 5.32 Å². The molecule has 2 N–H and O–H groups in total. The van der Waals surface area contributed by atoms with Gasteiger partial charge in [0, 0.05) is 12.1 Å². The van der Waals surface area contributed by atoms with Gasteiger partial charge in [0.05, 0.1) is 22.2 Å². The van der Waals surface area contributed by atoms with Crippen LogP contribution in [-0.4, -0.2) is 20.9 Å². The minimum Gasteiger partial charge on any atom is -0.377 e. The average Bonchev–Trinajstić information content (AvgIpc) is 3.12. The zero-order valence-corrected chi connectivity index (χ0v) is 9.34. The van der Waals surface area contributed by atoms with Crippen LogP contribution in [0.15, 0.2) is 23.3 Å². The van der Waals surface area contributed by atoms with Crippen molar-refractivity contribution in [3.63, 3.8) is 0 Å². The number of nitrogens with zero attached hydrogens (tertiary/aromatic N) is 2. The minimum absolute atomic E-state index is 0.0899. The first-order valence-corrected chi connectivity index (χ1v) is 5.57. The molecule has 3 rings (SSSR count). The van der Waals surface area contributed by atoms with Gasteiger partial charge in [-0.2, -0.15) is 0 Å². The van der Waals surface area contributed by atoms with Crippen molar-refractivity contribution in [2.24, 2.45) is 0 Å². The van der Waals surface area contributed by atoms with E-state index in [0.29, 0.717) is 17.2 Å². The van der Waals surface area contributed by atoms with Gasteiger partial charge in [-0.3, -0.25) is 14.9 Å². The lowest BCUT2D eigenvalue weighted by Crippen LogP contribution is -2.09. The molecule has 0 saturated heterocycles. The van der Waals surface area contributed by atoms with E-state index in [1.54, 1.807) is 6.07 Å². The first kappa shape index (κ1) is 10.7. The molecule has 1 aliphatic rings. The molecule has 1 aliphatic carbocycles. The van der Waals surface area contributed by atoms with E-state index in [2.05, 4.69) is 15.3 Å². The fourth-order valence-corrected chi connectivity index (χ4v) is 1.82. The van der Waals surface area contributed by atoms with Crippen molar-refractivity contribution in [3.8, 4) is 0 Å². The molecule has 2 aromatic rings. The highest BCUT2D eigenvalue weighted by atomic mass is 16.6. The van der Waals surface area contributed by atoms with Crippen LogP contribution in [0.2, 0.25) is 0 Å². The Balaban J connectivity index is 2.22. The van der Waals surface area contributed by atoms with Crippen molar-refractivity contribution in [1.29, 1.82) is 0 Å². The Morgan fingerprint density at radius 1 is 1.44 bits per heavy atom. The minimum atomic E-state index is -0.489. The molecule has 1 saturated carbocycles. The van der Waals surface area contributed by atoms with Crippen molar-refractivity contribution in [1.82, 2.24) is 9.97 Å². The van der Waals surface area contributed by atoms with Gasteiger partial charge in [0.1, 0.15) is 5.69 Å². The number of hydrogen-bond donors (Lipinski definition) is 2. The van der Waals surface area contributed by atoms with E-state index in [1.807, 2.05) is 0 Å². The van der Waals surface area contributed by atoms with Crippen LogP contribution in [0.25, 0.3) is 10.9 Å². The van der Waals surface area contributed by atoms with Crippen molar-refractivity contribution >= 4 is 22.3 Å². The molecule has 0 atom stereocenters. The largest absolute Gasteiger partial charge is 0.377 e. The van der Waals surface area contributed by atoms with E-state index in [0.717, 1.165) is 12.8 Å². The zero-order chi connectivity index (χ0) is 12.7. The molecule has 0 amide bonds. The predicted octanol–water partition coefficient (Wildman–Crippen LogP) is 1.41. The van der Waals surface area contributed by atoms with E-state index in [4.69, 9.17) is 0 Å². The number of hydrogen-bond acceptors (Lipinski definition) is 5. The van der Waals surface area contributed by atoms with Gasteiger partial charge >= 0.3 is 0 Å². The van der Waals surface area contributed by atoms with E-state index in [9.17, 15) is 14.9 Å². The van der Waals surface area contributed by atoms with Gasteiger partial charge in [-0.05, 0) is 18.9 Å². The third-order valence-corrected chi connectivity index (χ3v) is 2.89. The number of anilines is 1. The van der Waals surface area contributed by atoms with Gasteiger partial charge in [-0.15, -0.1) is 0 Å². The summed E-state index contributed by atoms with van der Waals surface area (Å²) in [5.41, 5.74) is 0.412. The molecular formula is C11H10N4O3. The molecule has 1 aromatic heterocycles. The van der Waals surface area contributed by atoms with E-state index in [1.165, 1.54) is 12.4 Å². The van der Waals surface area contributed by atoms with Gasteiger partial charge in [-0.1, -0.05) is 0 Å². The smallest absolute Gasteiger partial charge is 0.293 e. The first-order chi connectivity index (χ1) is 8.65. The molecule has 1 heterocycles. The Kier molecular flexibility index (Phi) is 2.26. The van der Waals surface area contributed by atoms with Crippen LogP contribution in [0.1, 0.15) is 12.8 Å². The number of benzene rings is 1. The molecule has 18 heavy (non-hydrogen) atoms. The molecular weight excluding hydrogens is 236 g/mol. The molecule has 7 heteroatoms. The van der Waals surface area contributed by atoms with Crippen LogP contribution in [0.3, 0.4) is 0 Å². The Bertz CT molecular complexity index is 690. The Morgan fingerprint density at radius 3 is 2.89 bits per heavy atom. The molecule has 1 fully saturated rings. The molecule has 0 radical (unpaired) electrons. The van der Waals surface area contributed by atoms with Crippen LogP contribution in [0.4, 0.5) is 11.4 Å². The lowest BCUT2D eigenvalue weighted by atomic mass is 10.2. The molecule has 0 spiro atoms. The second kappa shape index (κ2) is 3.80. The van der Waals surface area contributed by atoms with Gasteiger partial charge in [0.25, 0.3) is 11.2 Å². The standard InChI is InChI=1S/C11H10N4O3/c16-11-7-3-10(15(17)18)9(14-6-1-2-6)4-8(7)12-5-13-11/h3-6,14H,1-2H2,(H,12,13,16). The quantitative estimate of drug-likeness (QED) is 0.629. The number of H-pyrrole nitrogens is 1. The Labute approximate surface area is 101 Å². The number of nitro groups is 1. The van der Waals surface area contributed by atoms with Crippen LogP contribution in [0, 0.1) is 10.1 Å². The summed E-state index contributed by atoms with van der Waals surface area (Å²) >= 11 is 0. The van der Waals surface area contributed by atoms with E-state index >= 15 is 0 Å². The summed E-state index contributed by atoms with van der Waals surface area (Å²) < 4.78 is 0. The molecule has 7 nitrogen and oxygen atoms in total. The number of nitro benzene ring substituents is 1. The number of nitrogens with one attached hydrogen (secondary N) is 2. The fraction of sp³-hybridized carbons (Fsp3) is 0.273. The van der Waals surface area contributed by atoms with Gasteiger partial charge in [0.2, 0.25) is 0 Å². The monoisotopic (exact) mass is 246 g/mol. The summed E-state index contributed by atoms with van der Waals surface area (Å²) in [6.45, 7) is 0. The maximum absolute atomic E-state index is 11.6. The van der Waals surface area contributed by atoms with Crippen molar-refractivity contribution in [3.05, 3.63) is 38.9 Å². The fourth-order valence-electron chi connectivity index (χ4n) is 1.82. The zero-order valence-electron chi connectivity index (χ0n) is 9.34. The van der Waals surface area contributed by atoms with Gasteiger partial charge in [0.15, 0.2) is 0 Å². The molecule has 92 valence electrons. The topological polar surface area (TPSA) is 101 Å². The van der Waals surface area contributed by atoms with Gasteiger partial charge < -0.3 is 10.3 Å². The highest BCUT2D eigenvalue weighted by molar-refractivity contribution is 5.86. The average molecular weight is 246 g/mol. The second-order valence-corrected chi connectivity index (χ2v) is 4.29. The Morgan fingerprint density at radius 2 is 2.22 bits per heavy atom. The summed E-state index contributed by atoms with van der Waals surface area (Å²) in [7, 11) is 0. The summed E-state index contributed by atoms with van der Waals surface area (Å²) in [5, 5.41) is 14.3. The van der Waals surface area contributed by atoms with E-state index in [-0.39, 0.29) is 16.6 Å². The highest BCUT2D eigenvalue weighted by Gasteiger charge is 2.25. The van der Waals surface area contributed by atoms with Crippen LogP contribution in [-0.2, 0) is 0 Å². The maximum Gasteiger partial charge on any atom is 0.293 e. The summed E-state index contributed by atoms with van der Waals surface area (Å²) in [6, 6.07) is 3.12. The van der Waals surface area contributed by atoms with Crippen LogP contribution < -0.4 is 10.9 Å². The van der Waals surface area contributed by atoms with Crippen LogP contribution in [0.5, 0.6) is 0 Å². The Hall–Kier alpha value is -2.44. The third kappa shape index (κ3) is 1.79. The second-order valence-electron chi connectivity index (χ2n) is 4.29. The van der Waals surface area contributed by atoms with E-state index < -0.39 is 4.92 Å². The summed E-state index contributed by atoms with van der Waals surface area (Å²) in [4.78, 5) is 28.5. The van der Waals surface area contributed by atoms with Crippen LogP contribution >= 0.6 is 0 Å². The number of rotatable bonds is 3. The number of aromatic amines is 1. The molecule has 0 aliphatic heterocycles. The normalized spacial score (nSPS) is 14.7. The van der Waals surface area contributed by atoms with Crippen molar-refractivity contribution < 1.29 is 4.92 Å². The van der Waals surface area contributed by atoms with Gasteiger partial charge in [-0.25, -0.2) is 4.98 Å². The number of fused-ring (bicyclic) bond motifs is 1. The van der Waals surface area contributed by atoms with Crippen molar-refractivity contribution in [2.45, 2.75) is 18.9 Å². The lowest BCUT2D eigenvalue weighted by molar-refractivity contribution is -0.383.